The van der Waals surface area contributed by atoms with Crippen LogP contribution in [0.15, 0.2) is 18.2 Å². The second-order valence-electron chi connectivity index (χ2n) is 4.91. The number of anilines is 1. The molecule has 21 heavy (non-hydrogen) atoms. The molecule has 1 aromatic rings. The first-order valence-corrected chi connectivity index (χ1v) is 7.03. The van der Waals surface area contributed by atoms with Gasteiger partial charge in [0.05, 0.1) is 12.3 Å². The molecule has 1 aliphatic heterocycles. The summed E-state index contributed by atoms with van der Waals surface area (Å²) >= 11 is 0. The Hall–Kier alpha value is -2.08. The number of nitrogens with two attached hydrogens (primary N) is 1. The number of esters is 1. The zero-order valence-electron chi connectivity index (χ0n) is 12.3. The van der Waals surface area contributed by atoms with E-state index in [2.05, 4.69) is 0 Å². The van der Waals surface area contributed by atoms with Crippen molar-refractivity contribution in [2.45, 2.75) is 32.9 Å². The summed E-state index contributed by atoms with van der Waals surface area (Å²) in [6.07, 6.45) is 0.118. The van der Waals surface area contributed by atoms with Gasteiger partial charge in [-0.05, 0) is 31.0 Å². The lowest BCUT2D eigenvalue weighted by Gasteiger charge is -2.32. The van der Waals surface area contributed by atoms with Crippen LogP contribution in [0.1, 0.15) is 25.8 Å². The largest absolute Gasteiger partial charge is 0.479 e. The second-order valence-corrected chi connectivity index (χ2v) is 4.91. The Labute approximate surface area is 123 Å². The van der Waals surface area contributed by atoms with Crippen molar-refractivity contribution >= 4 is 17.6 Å². The van der Waals surface area contributed by atoms with Crippen LogP contribution in [0.4, 0.5) is 5.69 Å². The van der Waals surface area contributed by atoms with E-state index >= 15 is 0 Å². The molecule has 1 aliphatic rings. The van der Waals surface area contributed by atoms with Gasteiger partial charge in [0.2, 0.25) is 0 Å². The molecule has 2 N–H and O–H groups in total. The predicted octanol–water partition coefficient (Wildman–Crippen LogP) is 1.21. The normalized spacial score (nSPS) is 17.2. The molecule has 1 unspecified atom stereocenters. The number of carbonyl (C=O) groups is 2. The van der Waals surface area contributed by atoms with Gasteiger partial charge in [0.1, 0.15) is 12.3 Å². The summed E-state index contributed by atoms with van der Waals surface area (Å²) in [5, 5.41) is 0. The highest BCUT2D eigenvalue weighted by molar-refractivity contribution is 6.03. The summed E-state index contributed by atoms with van der Waals surface area (Å²) in [5.74, 6) is -0.115. The first kappa shape index (κ1) is 15.3. The van der Waals surface area contributed by atoms with Crippen LogP contribution in [0.5, 0.6) is 5.75 Å². The summed E-state index contributed by atoms with van der Waals surface area (Å²) in [6.45, 7) is 4.16. The van der Waals surface area contributed by atoms with Crippen molar-refractivity contribution < 1.29 is 19.1 Å². The minimum Gasteiger partial charge on any atom is -0.479 e. The van der Waals surface area contributed by atoms with Crippen LogP contribution in [0.2, 0.25) is 0 Å². The van der Waals surface area contributed by atoms with E-state index < -0.39 is 12.1 Å². The average Bonchev–Trinajstić information content (AvgIpc) is 2.49. The highest BCUT2D eigenvalue weighted by Gasteiger charge is 2.33. The Morgan fingerprint density at radius 3 is 2.90 bits per heavy atom. The molecule has 0 spiro atoms. The molecule has 6 heteroatoms. The monoisotopic (exact) mass is 292 g/mol. The van der Waals surface area contributed by atoms with Gasteiger partial charge >= 0.3 is 5.97 Å². The number of hydrogen-bond donors (Lipinski definition) is 1. The van der Waals surface area contributed by atoms with Gasteiger partial charge in [-0.2, -0.15) is 0 Å². The van der Waals surface area contributed by atoms with E-state index in [0.29, 0.717) is 24.6 Å². The fourth-order valence-corrected chi connectivity index (χ4v) is 2.13. The Morgan fingerprint density at radius 1 is 1.48 bits per heavy atom. The lowest BCUT2D eigenvalue weighted by molar-refractivity contribution is -0.143. The smallest absolute Gasteiger partial charge is 0.326 e. The van der Waals surface area contributed by atoms with Crippen molar-refractivity contribution in [2.75, 3.05) is 18.1 Å². The number of ether oxygens (including phenoxy) is 2. The van der Waals surface area contributed by atoms with Gasteiger partial charge in [-0.3, -0.25) is 14.5 Å². The molecule has 0 bridgehead atoms. The van der Waals surface area contributed by atoms with Crippen LogP contribution in [0.25, 0.3) is 0 Å². The summed E-state index contributed by atoms with van der Waals surface area (Å²) in [5.41, 5.74) is 7.05. The van der Waals surface area contributed by atoms with E-state index in [0.717, 1.165) is 12.0 Å². The third kappa shape index (κ3) is 3.33. The minimum atomic E-state index is -0.625. The summed E-state index contributed by atoms with van der Waals surface area (Å²) in [6, 6.07) is 5.38. The summed E-state index contributed by atoms with van der Waals surface area (Å²) < 4.78 is 10.6. The molecule has 2 rings (SSSR count). The van der Waals surface area contributed by atoms with Crippen LogP contribution in [0, 0.1) is 0 Å². The molecule has 1 aromatic carbocycles. The molecule has 0 aliphatic carbocycles. The molecule has 1 atom stereocenters. The zero-order chi connectivity index (χ0) is 15.4. The third-order valence-corrected chi connectivity index (χ3v) is 3.22. The fraction of sp³-hybridized carbons (Fsp3) is 0.467. The maximum absolute atomic E-state index is 12.3. The van der Waals surface area contributed by atoms with E-state index in [1.54, 1.807) is 19.1 Å². The molecular weight excluding hydrogens is 272 g/mol. The van der Waals surface area contributed by atoms with Gasteiger partial charge in [0.25, 0.3) is 5.91 Å². The van der Waals surface area contributed by atoms with E-state index in [-0.39, 0.29) is 12.5 Å². The lowest BCUT2D eigenvalue weighted by Crippen LogP contribution is -2.47. The standard InChI is InChI=1S/C15H20N2O4/c1-3-6-20-14(18)9-17-12-7-11(8-16)4-5-13(12)21-10(2)15(17)19/h4-5,7,10H,3,6,8-9,16H2,1-2H3. The molecule has 0 saturated carbocycles. The molecule has 6 nitrogen and oxygen atoms in total. The Morgan fingerprint density at radius 2 is 2.24 bits per heavy atom. The molecular formula is C15H20N2O4. The SMILES string of the molecule is CCCOC(=O)CN1C(=O)C(C)Oc2ccc(CN)cc21. The molecule has 0 radical (unpaired) electrons. The highest BCUT2D eigenvalue weighted by Crippen LogP contribution is 2.34. The number of rotatable bonds is 5. The zero-order valence-corrected chi connectivity index (χ0v) is 12.3. The Balaban J connectivity index is 2.26. The maximum atomic E-state index is 12.3. The molecule has 114 valence electrons. The Kier molecular flexibility index (Phi) is 4.80. The fourth-order valence-electron chi connectivity index (χ4n) is 2.13. The van der Waals surface area contributed by atoms with Gasteiger partial charge in [0, 0.05) is 6.54 Å². The van der Waals surface area contributed by atoms with E-state index in [1.165, 1.54) is 4.90 Å². The quantitative estimate of drug-likeness (QED) is 0.825. The van der Waals surface area contributed by atoms with Crippen LogP contribution >= 0.6 is 0 Å². The van der Waals surface area contributed by atoms with Gasteiger partial charge in [0.15, 0.2) is 6.10 Å². The van der Waals surface area contributed by atoms with Crippen LogP contribution in [-0.2, 0) is 20.9 Å². The molecule has 0 fully saturated rings. The minimum absolute atomic E-state index is 0.118. The van der Waals surface area contributed by atoms with Crippen LogP contribution in [0.3, 0.4) is 0 Å². The van der Waals surface area contributed by atoms with E-state index in [4.69, 9.17) is 15.2 Å². The van der Waals surface area contributed by atoms with Crippen LogP contribution < -0.4 is 15.4 Å². The molecule has 1 heterocycles. The van der Waals surface area contributed by atoms with Crippen molar-refractivity contribution in [2.24, 2.45) is 5.73 Å². The van der Waals surface area contributed by atoms with Gasteiger partial charge < -0.3 is 15.2 Å². The second kappa shape index (κ2) is 6.58. The maximum Gasteiger partial charge on any atom is 0.326 e. The number of hydrogen-bond acceptors (Lipinski definition) is 5. The van der Waals surface area contributed by atoms with Crippen molar-refractivity contribution in [1.29, 1.82) is 0 Å². The van der Waals surface area contributed by atoms with Crippen molar-refractivity contribution in [3.05, 3.63) is 23.8 Å². The topological polar surface area (TPSA) is 81.9 Å². The number of amides is 1. The lowest BCUT2D eigenvalue weighted by atomic mass is 10.1. The van der Waals surface area contributed by atoms with Crippen LogP contribution in [-0.4, -0.2) is 31.1 Å². The van der Waals surface area contributed by atoms with Crippen molar-refractivity contribution in [3.8, 4) is 5.75 Å². The number of carbonyl (C=O) groups excluding carboxylic acids is 2. The molecule has 0 aromatic heterocycles. The summed E-state index contributed by atoms with van der Waals surface area (Å²) in [7, 11) is 0. The van der Waals surface area contributed by atoms with E-state index in [1.807, 2.05) is 13.0 Å². The first-order valence-electron chi connectivity index (χ1n) is 7.03. The van der Waals surface area contributed by atoms with Gasteiger partial charge in [-0.15, -0.1) is 0 Å². The summed E-state index contributed by atoms with van der Waals surface area (Å²) in [4.78, 5) is 25.5. The third-order valence-electron chi connectivity index (χ3n) is 3.22. The predicted molar refractivity (Wildman–Crippen MR) is 78.0 cm³/mol. The average molecular weight is 292 g/mol. The van der Waals surface area contributed by atoms with Crippen molar-refractivity contribution in [3.63, 3.8) is 0 Å². The molecule has 1 amide bonds. The number of benzene rings is 1. The highest BCUT2D eigenvalue weighted by atomic mass is 16.5. The molecule has 0 saturated heterocycles. The van der Waals surface area contributed by atoms with Gasteiger partial charge in [-0.25, -0.2) is 0 Å². The van der Waals surface area contributed by atoms with Crippen molar-refractivity contribution in [1.82, 2.24) is 0 Å². The van der Waals surface area contributed by atoms with E-state index in [9.17, 15) is 9.59 Å². The van der Waals surface area contributed by atoms with Gasteiger partial charge in [-0.1, -0.05) is 13.0 Å². The number of fused-ring (bicyclic) bond motifs is 1. The Bertz CT molecular complexity index is 544. The number of nitrogens with zero attached hydrogens (tertiary/aromatic N) is 1. The first-order chi connectivity index (χ1) is 10.1.